The summed E-state index contributed by atoms with van der Waals surface area (Å²) in [6.07, 6.45) is 7.21. The van der Waals surface area contributed by atoms with E-state index in [1.54, 1.807) is 90.2 Å². The minimum absolute atomic E-state index is 0. The van der Waals surface area contributed by atoms with Crippen LogP contribution in [0.1, 0.15) is 42.8 Å². The highest BCUT2D eigenvalue weighted by molar-refractivity contribution is 6.04. The van der Waals surface area contributed by atoms with Gasteiger partial charge in [0.15, 0.2) is 40.3 Å². The molecule has 0 unspecified atom stereocenters. The van der Waals surface area contributed by atoms with E-state index >= 15 is 0 Å². The molecule has 0 saturated heterocycles. The number of hydrogen-bond acceptors (Lipinski definition) is 9. The number of carbonyl (C=O) groups is 3. The number of benzene rings is 3. The number of rotatable bonds is 11. The molecule has 0 amide bonds. The maximum atomic E-state index is 12.1. The highest BCUT2D eigenvalue weighted by Crippen LogP contribution is 2.29. The van der Waals surface area contributed by atoms with E-state index in [1.807, 2.05) is 12.1 Å². The van der Waals surface area contributed by atoms with E-state index in [0.717, 1.165) is 17.4 Å². The molecule has 3 rings (SSSR count). The topological polar surface area (TPSA) is 107 Å². The molecule has 0 bridgehead atoms. The van der Waals surface area contributed by atoms with Crippen molar-refractivity contribution in [2.24, 2.45) is 0 Å². The number of methoxy groups -OCH3 is 6. The van der Waals surface area contributed by atoms with Crippen molar-refractivity contribution in [3.8, 4) is 34.5 Å². The average molecular weight is 595 g/mol. The van der Waals surface area contributed by atoms with Gasteiger partial charge in [0, 0.05) is 5.56 Å². The zero-order valence-corrected chi connectivity index (χ0v) is 25.3. The fourth-order valence-corrected chi connectivity index (χ4v) is 3.25. The number of hydrogen-bond donors (Lipinski definition) is 0. The first-order chi connectivity index (χ1) is 20.1. The Balaban J connectivity index is 0.000000862. The maximum absolute atomic E-state index is 12.1. The van der Waals surface area contributed by atoms with Gasteiger partial charge in [-0.1, -0.05) is 31.7 Å². The minimum Gasteiger partial charge on any atom is -0.493 e. The summed E-state index contributed by atoms with van der Waals surface area (Å²) in [5.41, 5.74) is 2.26. The molecule has 0 aliphatic rings. The van der Waals surface area contributed by atoms with Crippen LogP contribution in [0.4, 0.5) is 0 Å². The van der Waals surface area contributed by atoms with Crippen molar-refractivity contribution in [2.75, 3.05) is 42.7 Å². The van der Waals surface area contributed by atoms with Crippen LogP contribution in [0.5, 0.6) is 34.5 Å². The summed E-state index contributed by atoms with van der Waals surface area (Å²) in [4.78, 5) is 31.9. The van der Waals surface area contributed by atoms with Gasteiger partial charge in [0.05, 0.1) is 42.7 Å². The second-order valence-electron chi connectivity index (χ2n) is 8.44. The molecule has 0 aliphatic carbocycles. The smallest absolute Gasteiger partial charge is 0.178 e. The molecular formula is C34H42O9. The van der Waals surface area contributed by atoms with Crippen molar-refractivity contribution < 1.29 is 42.8 Å². The van der Waals surface area contributed by atoms with Crippen molar-refractivity contribution in [1.82, 2.24) is 0 Å². The normalized spacial score (nSPS) is 9.77. The quantitative estimate of drug-likeness (QED) is 0.176. The lowest BCUT2D eigenvalue weighted by Gasteiger charge is -2.07. The summed E-state index contributed by atoms with van der Waals surface area (Å²) in [6, 6.07) is 15.9. The van der Waals surface area contributed by atoms with Gasteiger partial charge >= 0.3 is 0 Å². The molecular weight excluding hydrogens is 552 g/mol. The molecule has 9 heteroatoms. The fourth-order valence-electron chi connectivity index (χ4n) is 3.25. The van der Waals surface area contributed by atoms with Gasteiger partial charge in [0.1, 0.15) is 12.1 Å². The van der Waals surface area contributed by atoms with Gasteiger partial charge in [0.25, 0.3) is 0 Å². The van der Waals surface area contributed by atoms with Gasteiger partial charge in [-0.15, -0.1) is 0 Å². The molecule has 43 heavy (non-hydrogen) atoms. The Morgan fingerprint density at radius 3 is 1.07 bits per heavy atom. The summed E-state index contributed by atoms with van der Waals surface area (Å²) >= 11 is 0. The van der Waals surface area contributed by atoms with Crippen LogP contribution in [-0.4, -0.2) is 60.5 Å². The van der Waals surface area contributed by atoms with Crippen molar-refractivity contribution >= 4 is 30.0 Å². The monoisotopic (exact) mass is 594 g/mol. The molecule has 0 atom stereocenters. The number of ether oxygens (including phenoxy) is 6. The van der Waals surface area contributed by atoms with Gasteiger partial charge in [-0.2, -0.15) is 0 Å². The lowest BCUT2D eigenvalue weighted by Crippen LogP contribution is -1.91. The van der Waals surface area contributed by atoms with E-state index in [0.29, 0.717) is 40.1 Å². The second-order valence-corrected chi connectivity index (χ2v) is 8.44. The molecule has 0 saturated carbocycles. The van der Waals surface area contributed by atoms with Crippen LogP contribution < -0.4 is 28.4 Å². The van der Waals surface area contributed by atoms with Crippen LogP contribution in [0.15, 0.2) is 66.7 Å². The predicted molar refractivity (Wildman–Crippen MR) is 170 cm³/mol. The molecule has 0 aliphatic heterocycles. The van der Waals surface area contributed by atoms with Gasteiger partial charge in [-0.05, 0) is 79.6 Å². The molecule has 232 valence electrons. The average Bonchev–Trinajstić information content (AvgIpc) is 3.01. The van der Waals surface area contributed by atoms with Crippen molar-refractivity contribution in [3.05, 3.63) is 83.4 Å². The van der Waals surface area contributed by atoms with E-state index in [4.69, 9.17) is 28.4 Å². The molecule has 9 nitrogen and oxygen atoms in total. The first-order valence-corrected chi connectivity index (χ1v) is 12.6. The Labute approximate surface area is 254 Å². The number of Topliss-reactive ketones (excluding diaryl/α,β-unsaturated/α-hetero) is 1. The van der Waals surface area contributed by atoms with E-state index in [-0.39, 0.29) is 19.0 Å². The van der Waals surface area contributed by atoms with E-state index < -0.39 is 0 Å². The summed E-state index contributed by atoms with van der Waals surface area (Å²) in [5, 5.41) is 0. The van der Waals surface area contributed by atoms with E-state index in [2.05, 4.69) is 0 Å². The SMILES string of the molecule is C.CC(C)=O.COc1ccc(C=CC(=O)C=Cc2ccc(OC)c(OC)c2)cc1OC.COc1ccc(C=O)cc1OC. The van der Waals surface area contributed by atoms with Crippen LogP contribution in [0.3, 0.4) is 0 Å². The maximum Gasteiger partial charge on any atom is 0.178 e. The molecule has 0 fully saturated rings. The van der Waals surface area contributed by atoms with Crippen molar-refractivity contribution in [2.45, 2.75) is 21.3 Å². The van der Waals surface area contributed by atoms with Gasteiger partial charge in [-0.3, -0.25) is 9.59 Å². The molecule has 0 N–H and O–H groups in total. The highest BCUT2D eigenvalue weighted by Gasteiger charge is 2.05. The number of carbonyl (C=O) groups excluding carboxylic acids is 3. The molecule has 3 aromatic rings. The lowest BCUT2D eigenvalue weighted by molar-refractivity contribution is -0.115. The number of ketones is 2. The number of allylic oxidation sites excluding steroid dienone is 2. The number of aldehydes is 1. The lowest BCUT2D eigenvalue weighted by atomic mass is 10.1. The Kier molecular flexibility index (Phi) is 18.3. The van der Waals surface area contributed by atoms with Crippen LogP contribution in [0.25, 0.3) is 12.2 Å². The zero-order valence-electron chi connectivity index (χ0n) is 25.3. The fraction of sp³-hybridized carbons (Fsp3) is 0.265. The van der Waals surface area contributed by atoms with Gasteiger partial charge < -0.3 is 33.2 Å². The van der Waals surface area contributed by atoms with E-state index in [1.165, 1.54) is 33.1 Å². The van der Waals surface area contributed by atoms with Gasteiger partial charge in [-0.25, -0.2) is 0 Å². The minimum atomic E-state index is -0.130. The second kappa shape index (κ2) is 20.8. The molecule has 3 aromatic carbocycles. The Morgan fingerprint density at radius 2 is 0.791 bits per heavy atom. The molecule has 0 spiro atoms. The first-order valence-electron chi connectivity index (χ1n) is 12.6. The van der Waals surface area contributed by atoms with Crippen LogP contribution in [-0.2, 0) is 9.59 Å². The van der Waals surface area contributed by atoms with Crippen LogP contribution in [0.2, 0.25) is 0 Å². The van der Waals surface area contributed by atoms with Crippen LogP contribution in [0, 0.1) is 0 Å². The Bertz CT molecular complexity index is 1300. The molecule has 0 aromatic heterocycles. The predicted octanol–water partition coefficient (Wildman–Crippen LogP) is 6.76. The molecule has 0 radical (unpaired) electrons. The summed E-state index contributed by atoms with van der Waals surface area (Å²) in [5.74, 6) is 3.75. The van der Waals surface area contributed by atoms with Gasteiger partial charge in [0.2, 0.25) is 0 Å². The Morgan fingerprint density at radius 1 is 0.512 bits per heavy atom. The Hall–Kier alpha value is -5.05. The van der Waals surface area contributed by atoms with Crippen molar-refractivity contribution in [3.63, 3.8) is 0 Å². The standard InChI is InChI=1S/C21H22O5.C9H10O3.C3H6O.CH4/c1-23-18-11-7-15(13-20(18)25-3)5-9-17(22)10-6-16-8-12-19(24-2)21(14-16)26-4;1-11-8-4-3-7(6-10)5-9(8)12-2;1-3(2)4;/h5-14H,1-4H3;3-6H,1-2H3;1-2H3;1H4. The zero-order chi connectivity index (χ0) is 31.5. The third-order valence-electron chi connectivity index (χ3n) is 5.24. The van der Waals surface area contributed by atoms with E-state index in [9.17, 15) is 14.4 Å². The third-order valence-corrected chi connectivity index (χ3v) is 5.24. The van der Waals surface area contributed by atoms with Crippen molar-refractivity contribution in [1.29, 1.82) is 0 Å². The highest BCUT2D eigenvalue weighted by atomic mass is 16.5. The van der Waals surface area contributed by atoms with Crippen LogP contribution >= 0.6 is 0 Å². The summed E-state index contributed by atoms with van der Waals surface area (Å²) in [7, 11) is 9.39. The first kappa shape index (κ1) is 38.0. The summed E-state index contributed by atoms with van der Waals surface area (Å²) in [6.45, 7) is 3.06. The largest absolute Gasteiger partial charge is 0.493 e. The molecule has 0 heterocycles. The third kappa shape index (κ3) is 13.4. The summed E-state index contributed by atoms with van der Waals surface area (Å²) < 4.78 is 30.9.